The Morgan fingerprint density at radius 3 is 2.50 bits per heavy atom. The molecule has 0 aromatic heterocycles. The van der Waals surface area contributed by atoms with Crippen LogP contribution in [0.3, 0.4) is 0 Å². The van der Waals surface area contributed by atoms with Crippen molar-refractivity contribution in [2.75, 3.05) is 26.7 Å². The fraction of sp³-hybridized carbons (Fsp3) is 0.647. The van der Waals surface area contributed by atoms with Crippen molar-refractivity contribution in [2.45, 2.75) is 39.3 Å². The van der Waals surface area contributed by atoms with Gasteiger partial charge in [0, 0.05) is 25.2 Å². The summed E-state index contributed by atoms with van der Waals surface area (Å²) < 4.78 is 5.51. The zero-order valence-corrected chi connectivity index (χ0v) is 13.2. The molecule has 0 aliphatic carbocycles. The minimum Gasteiger partial charge on any atom is -0.494 e. The summed E-state index contributed by atoms with van der Waals surface area (Å²) >= 11 is 0. The maximum Gasteiger partial charge on any atom is 0.119 e. The summed E-state index contributed by atoms with van der Waals surface area (Å²) in [6, 6.07) is 9.58. The minimum atomic E-state index is 0.387. The van der Waals surface area contributed by atoms with E-state index in [9.17, 15) is 0 Å². The van der Waals surface area contributed by atoms with E-state index in [1.807, 2.05) is 14.0 Å². The minimum absolute atomic E-state index is 0.387. The Bertz CT molecular complexity index is 404. The van der Waals surface area contributed by atoms with Crippen LogP contribution in [0.1, 0.15) is 38.8 Å². The van der Waals surface area contributed by atoms with Crippen LogP contribution in [-0.4, -0.2) is 37.7 Å². The van der Waals surface area contributed by atoms with Gasteiger partial charge in [0.2, 0.25) is 0 Å². The van der Waals surface area contributed by atoms with E-state index in [2.05, 4.69) is 48.3 Å². The van der Waals surface area contributed by atoms with Crippen LogP contribution in [0.5, 0.6) is 5.75 Å². The molecule has 1 N–H and O–H groups in total. The summed E-state index contributed by atoms with van der Waals surface area (Å²) in [4.78, 5) is 2.60. The van der Waals surface area contributed by atoms with Gasteiger partial charge in [0.25, 0.3) is 0 Å². The zero-order chi connectivity index (χ0) is 14.5. The van der Waals surface area contributed by atoms with Crippen molar-refractivity contribution >= 4 is 0 Å². The topological polar surface area (TPSA) is 24.5 Å². The molecule has 1 aliphatic heterocycles. The van der Waals surface area contributed by atoms with Crippen molar-refractivity contribution in [1.82, 2.24) is 10.2 Å². The number of hydrogen-bond donors (Lipinski definition) is 1. The highest BCUT2D eigenvalue weighted by atomic mass is 16.5. The molecule has 1 aromatic carbocycles. The van der Waals surface area contributed by atoms with Gasteiger partial charge in [0.15, 0.2) is 0 Å². The lowest BCUT2D eigenvalue weighted by molar-refractivity contribution is 0.238. The lowest BCUT2D eigenvalue weighted by Gasteiger charge is -2.27. The van der Waals surface area contributed by atoms with E-state index < -0.39 is 0 Å². The molecule has 1 saturated heterocycles. The largest absolute Gasteiger partial charge is 0.494 e. The Morgan fingerprint density at radius 1 is 1.30 bits per heavy atom. The first-order valence-electron chi connectivity index (χ1n) is 7.78. The molecule has 1 fully saturated rings. The summed E-state index contributed by atoms with van der Waals surface area (Å²) in [6.45, 7) is 9.72. The molecule has 1 aromatic rings. The van der Waals surface area contributed by atoms with Gasteiger partial charge in [-0.15, -0.1) is 0 Å². The van der Waals surface area contributed by atoms with Crippen molar-refractivity contribution in [3.63, 3.8) is 0 Å². The van der Waals surface area contributed by atoms with Crippen molar-refractivity contribution in [3.8, 4) is 5.75 Å². The Balaban J connectivity index is 2.00. The van der Waals surface area contributed by atoms with E-state index in [1.165, 1.54) is 18.5 Å². The van der Waals surface area contributed by atoms with Gasteiger partial charge < -0.3 is 10.1 Å². The molecule has 20 heavy (non-hydrogen) atoms. The molecule has 0 spiro atoms. The third-order valence-corrected chi connectivity index (χ3v) is 4.27. The summed E-state index contributed by atoms with van der Waals surface area (Å²) in [5.74, 6) is 1.78. The SMILES string of the molecule is CCOc1ccc(C(CN2CC(C)CC2C)NC)cc1. The van der Waals surface area contributed by atoms with Gasteiger partial charge in [-0.3, -0.25) is 4.90 Å². The van der Waals surface area contributed by atoms with Gasteiger partial charge in [-0.1, -0.05) is 19.1 Å². The summed E-state index contributed by atoms with van der Waals surface area (Å²) in [5, 5.41) is 3.45. The number of ether oxygens (including phenoxy) is 1. The number of rotatable bonds is 6. The average Bonchev–Trinajstić information content (AvgIpc) is 2.75. The number of benzene rings is 1. The maximum absolute atomic E-state index is 5.51. The molecule has 3 nitrogen and oxygen atoms in total. The van der Waals surface area contributed by atoms with E-state index in [0.29, 0.717) is 12.1 Å². The number of hydrogen-bond acceptors (Lipinski definition) is 3. The number of nitrogens with one attached hydrogen (secondary N) is 1. The fourth-order valence-electron chi connectivity index (χ4n) is 3.20. The van der Waals surface area contributed by atoms with E-state index in [4.69, 9.17) is 4.74 Å². The van der Waals surface area contributed by atoms with Gasteiger partial charge >= 0.3 is 0 Å². The highest BCUT2D eigenvalue weighted by Crippen LogP contribution is 2.26. The van der Waals surface area contributed by atoms with Crippen molar-refractivity contribution in [3.05, 3.63) is 29.8 Å². The van der Waals surface area contributed by atoms with Gasteiger partial charge in [0.1, 0.15) is 5.75 Å². The second kappa shape index (κ2) is 7.09. The van der Waals surface area contributed by atoms with Crippen molar-refractivity contribution < 1.29 is 4.74 Å². The first-order valence-corrected chi connectivity index (χ1v) is 7.78. The molecule has 1 aliphatic rings. The third-order valence-electron chi connectivity index (χ3n) is 4.27. The molecule has 3 atom stereocenters. The Labute approximate surface area is 123 Å². The first kappa shape index (κ1) is 15.3. The molecule has 0 bridgehead atoms. The summed E-state index contributed by atoms with van der Waals surface area (Å²) in [7, 11) is 2.05. The van der Waals surface area contributed by atoms with Gasteiger partial charge in [-0.2, -0.15) is 0 Å². The highest BCUT2D eigenvalue weighted by Gasteiger charge is 2.27. The maximum atomic E-state index is 5.51. The molecular formula is C17H28N2O. The average molecular weight is 276 g/mol. The van der Waals surface area contributed by atoms with Gasteiger partial charge in [-0.05, 0) is 50.9 Å². The third kappa shape index (κ3) is 3.74. The predicted octanol–water partition coefficient (Wildman–Crippen LogP) is 3.08. The molecule has 0 radical (unpaired) electrons. The van der Waals surface area contributed by atoms with Crippen LogP contribution < -0.4 is 10.1 Å². The second-order valence-electron chi connectivity index (χ2n) is 5.99. The Hall–Kier alpha value is -1.06. The van der Waals surface area contributed by atoms with Crippen LogP contribution in [-0.2, 0) is 0 Å². The van der Waals surface area contributed by atoms with E-state index >= 15 is 0 Å². The van der Waals surface area contributed by atoms with E-state index in [0.717, 1.165) is 24.8 Å². The monoisotopic (exact) mass is 276 g/mol. The van der Waals surface area contributed by atoms with Crippen LogP contribution in [0, 0.1) is 5.92 Å². The standard InChI is InChI=1S/C17H28N2O/c1-5-20-16-8-6-15(7-9-16)17(18-4)12-19-11-13(2)10-14(19)3/h6-9,13-14,17-18H,5,10-12H2,1-4H3. The van der Waals surface area contributed by atoms with Crippen LogP contribution in [0.15, 0.2) is 24.3 Å². The summed E-state index contributed by atoms with van der Waals surface area (Å²) in [5.41, 5.74) is 1.34. The molecule has 2 rings (SSSR count). The van der Waals surface area contributed by atoms with E-state index in [1.54, 1.807) is 0 Å². The lowest BCUT2D eigenvalue weighted by atomic mass is 10.1. The molecule has 112 valence electrons. The quantitative estimate of drug-likeness (QED) is 0.864. The first-order chi connectivity index (χ1) is 9.63. The highest BCUT2D eigenvalue weighted by molar-refractivity contribution is 5.29. The van der Waals surface area contributed by atoms with E-state index in [-0.39, 0.29) is 0 Å². The Morgan fingerprint density at radius 2 is 2.00 bits per heavy atom. The van der Waals surface area contributed by atoms with Crippen molar-refractivity contribution in [2.24, 2.45) is 5.92 Å². The van der Waals surface area contributed by atoms with Crippen LogP contribution in [0.4, 0.5) is 0 Å². The number of likely N-dealkylation sites (N-methyl/N-ethyl adjacent to an activating group) is 1. The number of likely N-dealkylation sites (tertiary alicyclic amines) is 1. The molecule has 3 unspecified atom stereocenters. The molecule has 1 heterocycles. The molecule has 3 heteroatoms. The van der Waals surface area contributed by atoms with Crippen molar-refractivity contribution in [1.29, 1.82) is 0 Å². The fourth-order valence-corrected chi connectivity index (χ4v) is 3.20. The molecular weight excluding hydrogens is 248 g/mol. The smallest absolute Gasteiger partial charge is 0.119 e. The van der Waals surface area contributed by atoms with Crippen LogP contribution in [0.25, 0.3) is 0 Å². The van der Waals surface area contributed by atoms with Crippen LogP contribution in [0.2, 0.25) is 0 Å². The summed E-state index contributed by atoms with van der Waals surface area (Å²) in [6.07, 6.45) is 1.32. The van der Waals surface area contributed by atoms with Gasteiger partial charge in [-0.25, -0.2) is 0 Å². The molecule has 0 saturated carbocycles. The van der Waals surface area contributed by atoms with Gasteiger partial charge in [0.05, 0.1) is 6.61 Å². The second-order valence-corrected chi connectivity index (χ2v) is 5.99. The zero-order valence-electron chi connectivity index (χ0n) is 13.2. The number of nitrogens with zero attached hydrogens (tertiary/aromatic N) is 1. The normalized spacial score (nSPS) is 24.8. The lowest BCUT2D eigenvalue weighted by Crippen LogP contribution is -2.36. The molecule has 0 amide bonds. The van der Waals surface area contributed by atoms with Crippen LogP contribution >= 0.6 is 0 Å². The predicted molar refractivity (Wildman–Crippen MR) is 84.2 cm³/mol. The Kier molecular flexibility index (Phi) is 5.44.